The van der Waals surface area contributed by atoms with Gasteiger partial charge in [-0.15, -0.1) is 0 Å². The zero-order valence-electron chi connectivity index (χ0n) is 19.8. The van der Waals surface area contributed by atoms with Gasteiger partial charge in [0.25, 0.3) is 0 Å². The molecule has 2 fully saturated rings. The van der Waals surface area contributed by atoms with Gasteiger partial charge in [0, 0.05) is 57.9 Å². The molecule has 0 amide bonds. The first kappa shape index (κ1) is 24.8. The van der Waals surface area contributed by atoms with Crippen LogP contribution in [0.4, 0.5) is 0 Å². The number of morpholine rings is 1. The van der Waals surface area contributed by atoms with Crippen LogP contribution in [0.3, 0.4) is 0 Å². The number of nitrogens with one attached hydrogen (secondary N) is 1. The van der Waals surface area contributed by atoms with Gasteiger partial charge in [-0.1, -0.05) is 18.2 Å². The summed E-state index contributed by atoms with van der Waals surface area (Å²) in [5.74, 6) is 2.42. The smallest absolute Gasteiger partial charge is 0.194 e. The van der Waals surface area contributed by atoms with Gasteiger partial charge in [0.05, 0.1) is 39.6 Å². The van der Waals surface area contributed by atoms with E-state index in [1.165, 1.54) is 0 Å². The molecule has 0 bridgehead atoms. The molecule has 8 nitrogen and oxygen atoms in total. The standard InChI is InChI=1S/C24H40N4O4/c1-3-25-24(28-9-8-21(19-28)20-31-17-16-29-2)26-18-22-6-4-5-7-23(22)32-15-12-27-10-13-30-14-11-27/h4-7,21H,3,8-20H2,1-2H3,(H,25,26). The number of ether oxygens (including phenoxy) is 4. The molecule has 1 N–H and O–H groups in total. The molecule has 0 saturated carbocycles. The molecule has 2 aliphatic heterocycles. The first-order valence-corrected chi connectivity index (χ1v) is 11.9. The normalized spacial score (nSPS) is 20.0. The van der Waals surface area contributed by atoms with E-state index in [9.17, 15) is 0 Å². The van der Waals surface area contributed by atoms with Crippen molar-refractivity contribution >= 4 is 5.96 Å². The van der Waals surface area contributed by atoms with E-state index in [1.54, 1.807) is 7.11 Å². The zero-order valence-corrected chi connectivity index (χ0v) is 19.8. The van der Waals surface area contributed by atoms with Gasteiger partial charge in [-0.2, -0.15) is 0 Å². The summed E-state index contributed by atoms with van der Waals surface area (Å²) in [5, 5.41) is 3.45. The van der Waals surface area contributed by atoms with Gasteiger partial charge in [-0.25, -0.2) is 4.99 Å². The number of guanidine groups is 1. The predicted molar refractivity (Wildman–Crippen MR) is 126 cm³/mol. The minimum atomic E-state index is 0.534. The summed E-state index contributed by atoms with van der Waals surface area (Å²) < 4.78 is 22.3. The Labute approximate surface area is 192 Å². The van der Waals surface area contributed by atoms with E-state index in [1.807, 2.05) is 12.1 Å². The lowest BCUT2D eigenvalue weighted by Gasteiger charge is -2.26. The predicted octanol–water partition coefficient (Wildman–Crippen LogP) is 1.85. The number of hydrogen-bond acceptors (Lipinski definition) is 6. The maximum Gasteiger partial charge on any atom is 0.194 e. The Kier molecular flexibility index (Phi) is 11.1. The Bertz CT molecular complexity index is 682. The van der Waals surface area contributed by atoms with Crippen LogP contribution in [0.5, 0.6) is 5.75 Å². The third kappa shape index (κ3) is 8.24. The molecule has 0 spiro atoms. The van der Waals surface area contributed by atoms with Crippen molar-refractivity contribution in [2.75, 3.05) is 86.0 Å². The van der Waals surface area contributed by atoms with Crippen LogP contribution in [-0.2, 0) is 20.8 Å². The molecule has 2 aliphatic rings. The highest BCUT2D eigenvalue weighted by Crippen LogP contribution is 2.20. The zero-order chi connectivity index (χ0) is 22.4. The second-order valence-corrected chi connectivity index (χ2v) is 8.25. The molecule has 1 unspecified atom stereocenters. The van der Waals surface area contributed by atoms with Crippen molar-refractivity contribution in [1.29, 1.82) is 0 Å². The van der Waals surface area contributed by atoms with Crippen molar-refractivity contribution in [1.82, 2.24) is 15.1 Å². The third-order valence-electron chi connectivity index (χ3n) is 5.85. The summed E-state index contributed by atoms with van der Waals surface area (Å²) in [6, 6.07) is 8.22. The van der Waals surface area contributed by atoms with Gasteiger partial charge in [0.2, 0.25) is 0 Å². The maximum absolute atomic E-state index is 6.13. The Morgan fingerprint density at radius 3 is 2.81 bits per heavy atom. The van der Waals surface area contributed by atoms with E-state index >= 15 is 0 Å². The first-order valence-electron chi connectivity index (χ1n) is 11.9. The number of methoxy groups -OCH3 is 1. The Morgan fingerprint density at radius 2 is 2.00 bits per heavy atom. The second-order valence-electron chi connectivity index (χ2n) is 8.25. The summed E-state index contributed by atoms with van der Waals surface area (Å²) in [6.07, 6.45) is 1.12. The second kappa shape index (κ2) is 14.3. The highest BCUT2D eigenvalue weighted by atomic mass is 16.5. The van der Waals surface area contributed by atoms with Gasteiger partial charge in [-0.3, -0.25) is 4.90 Å². The topological polar surface area (TPSA) is 67.8 Å². The van der Waals surface area contributed by atoms with Crippen LogP contribution in [0.25, 0.3) is 0 Å². The number of benzene rings is 1. The van der Waals surface area contributed by atoms with Crippen molar-refractivity contribution < 1.29 is 18.9 Å². The fourth-order valence-electron chi connectivity index (χ4n) is 4.02. The van der Waals surface area contributed by atoms with Crippen molar-refractivity contribution in [3.63, 3.8) is 0 Å². The largest absolute Gasteiger partial charge is 0.492 e. The summed E-state index contributed by atoms with van der Waals surface area (Å²) in [4.78, 5) is 9.66. The van der Waals surface area contributed by atoms with Crippen molar-refractivity contribution in [2.45, 2.75) is 19.9 Å². The van der Waals surface area contributed by atoms with Crippen LogP contribution in [0.1, 0.15) is 18.9 Å². The van der Waals surface area contributed by atoms with Gasteiger partial charge < -0.3 is 29.2 Å². The molecule has 0 aliphatic carbocycles. The number of nitrogens with zero attached hydrogens (tertiary/aromatic N) is 3. The van der Waals surface area contributed by atoms with E-state index in [0.717, 1.165) is 82.8 Å². The Balaban J connectivity index is 1.51. The van der Waals surface area contributed by atoms with E-state index < -0.39 is 0 Å². The van der Waals surface area contributed by atoms with Crippen LogP contribution in [0, 0.1) is 5.92 Å². The molecule has 3 rings (SSSR count). The lowest BCUT2D eigenvalue weighted by molar-refractivity contribution is 0.0322. The summed E-state index contributed by atoms with van der Waals surface area (Å²) in [6.45, 7) is 12.8. The van der Waals surface area contributed by atoms with Crippen LogP contribution in [-0.4, -0.2) is 102 Å². The molecular weight excluding hydrogens is 408 g/mol. The molecule has 1 aromatic carbocycles. The summed E-state index contributed by atoms with van der Waals surface area (Å²) >= 11 is 0. The fourth-order valence-corrected chi connectivity index (χ4v) is 4.02. The van der Waals surface area contributed by atoms with Crippen molar-refractivity contribution in [3.05, 3.63) is 29.8 Å². The lowest BCUT2D eigenvalue weighted by Crippen LogP contribution is -2.40. The molecule has 0 aromatic heterocycles. The van der Waals surface area contributed by atoms with Crippen molar-refractivity contribution in [2.24, 2.45) is 10.9 Å². The van der Waals surface area contributed by atoms with Crippen LogP contribution in [0.2, 0.25) is 0 Å². The molecule has 2 heterocycles. The molecule has 32 heavy (non-hydrogen) atoms. The van der Waals surface area contributed by atoms with Crippen molar-refractivity contribution in [3.8, 4) is 5.75 Å². The van der Waals surface area contributed by atoms with Gasteiger partial charge >= 0.3 is 0 Å². The summed E-state index contributed by atoms with van der Waals surface area (Å²) in [7, 11) is 1.70. The number of likely N-dealkylation sites (tertiary alicyclic amines) is 1. The maximum atomic E-state index is 6.13. The molecule has 0 radical (unpaired) electrons. The highest BCUT2D eigenvalue weighted by molar-refractivity contribution is 5.80. The molecule has 8 heteroatoms. The van der Waals surface area contributed by atoms with E-state index in [4.69, 9.17) is 23.9 Å². The number of hydrogen-bond donors (Lipinski definition) is 1. The molecule has 2 saturated heterocycles. The highest BCUT2D eigenvalue weighted by Gasteiger charge is 2.25. The lowest BCUT2D eigenvalue weighted by atomic mass is 10.1. The van der Waals surface area contributed by atoms with E-state index in [0.29, 0.717) is 32.3 Å². The average Bonchev–Trinajstić information content (AvgIpc) is 3.30. The molecule has 1 aromatic rings. The molecule has 180 valence electrons. The number of rotatable bonds is 12. The minimum absolute atomic E-state index is 0.534. The monoisotopic (exact) mass is 448 g/mol. The van der Waals surface area contributed by atoms with Gasteiger partial charge in [0.1, 0.15) is 12.4 Å². The summed E-state index contributed by atoms with van der Waals surface area (Å²) in [5.41, 5.74) is 1.11. The van der Waals surface area contributed by atoms with E-state index in [-0.39, 0.29) is 0 Å². The van der Waals surface area contributed by atoms with Crippen LogP contribution in [0.15, 0.2) is 29.3 Å². The third-order valence-corrected chi connectivity index (χ3v) is 5.85. The van der Waals surface area contributed by atoms with Gasteiger partial charge in [-0.05, 0) is 19.4 Å². The van der Waals surface area contributed by atoms with Gasteiger partial charge in [0.15, 0.2) is 5.96 Å². The van der Waals surface area contributed by atoms with E-state index in [2.05, 4.69) is 34.2 Å². The quantitative estimate of drug-likeness (QED) is 0.297. The number of para-hydroxylation sites is 1. The molecular formula is C24H40N4O4. The minimum Gasteiger partial charge on any atom is -0.492 e. The Hall–Kier alpha value is -1.87. The number of aliphatic imine (C=N–C) groups is 1. The molecule has 1 atom stereocenters. The Morgan fingerprint density at radius 1 is 1.16 bits per heavy atom. The SMILES string of the molecule is CCNC(=NCc1ccccc1OCCN1CCOCC1)N1CCC(COCCOC)C1. The average molecular weight is 449 g/mol. The first-order chi connectivity index (χ1) is 15.8. The fraction of sp³-hybridized carbons (Fsp3) is 0.708. The van der Waals surface area contributed by atoms with Crippen LogP contribution < -0.4 is 10.1 Å². The van der Waals surface area contributed by atoms with Crippen LogP contribution >= 0.6 is 0 Å².